The van der Waals surface area contributed by atoms with Crippen LogP contribution in [0.15, 0.2) is 84.9 Å². The summed E-state index contributed by atoms with van der Waals surface area (Å²) in [6.45, 7) is 6.75. The Labute approximate surface area is 183 Å². The fourth-order valence-electron chi connectivity index (χ4n) is 3.80. The molecule has 0 aliphatic heterocycles. The van der Waals surface area contributed by atoms with Crippen LogP contribution < -0.4 is 5.32 Å². The van der Waals surface area contributed by atoms with Gasteiger partial charge in [-0.05, 0) is 26.3 Å². The zero-order valence-corrected chi connectivity index (χ0v) is 18.2. The summed E-state index contributed by atoms with van der Waals surface area (Å²) in [6, 6.07) is 28.1. The van der Waals surface area contributed by atoms with E-state index in [2.05, 4.69) is 24.4 Å². The molecule has 0 bridgehead atoms. The van der Waals surface area contributed by atoms with E-state index in [1.807, 2.05) is 91.2 Å². The number of hydrogen-bond acceptors (Lipinski definition) is 2. The number of benzene rings is 3. The van der Waals surface area contributed by atoms with Crippen molar-refractivity contribution in [3.05, 3.63) is 102 Å². The molecule has 1 heterocycles. The lowest BCUT2D eigenvalue weighted by atomic mass is 10.1. The second kappa shape index (κ2) is 9.00. The summed E-state index contributed by atoms with van der Waals surface area (Å²) in [5, 5.41) is 3.17. The number of aryl methyl sites for hydroxylation is 1. The van der Waals surface area contributed by atoms with Crippen molar-refractivity contribution < 1.29 is 4.79 Å². The molecule has 31 heavy (non-hydrogen) atoms. The predicted molar refractivity (Wildman–Crippen MR) is 126 cm³/mol. The third-order valence-electron chi connectivity index (χ3n) is 5.50. The molecule has 1 atom stereocenters. The van der Waals surface area contributed by atoms with Crippen LogP contribution in [0, 0.1) is 6.92 Å². The molecule has 4 heteroatoms. The van der Waals surface area contributed by atoms with E-state index in [4.69, 9.17) is 4.98 Å². The van der Waals surface area contributed by atoms with E-state index in [0.29, 0.717) is 17.9 Å². The Kier molecular flexibility index (Phi) is 5.99. The van der Waals surface area contributed by atoms with Crippen molar-refractivity contribution in [1.82, 2.24) is 14.9 Å². The molecule has 0 aliphatic carbocycles. The monoisotopic (exact) mass is 409 g/mol. The Bertz CT molecular complexity index is 1160. The van der Waals surface area contributed by atoms with Gasteiger partial charge in [0.15, 0.2) is 0 Å². The number of carbonyl (C=O) groups is 1. The molecule has 4 rings (SSSR count). The molecular weight excluding hydrogens is 382 g/mol. The normalized spacial score (nSPS) is 11.8. The van der Waals surface area contributed by atoms with Crippen LogP contribution in [0.4, 0.5) is 0 Å². The fourth-order valence-corrected chi connectivity index (χ4v) is 3.80. The highest BCUT2D eigenvalue weighted by Gasteiger charge is 2.25. The maximum absolute atomic E-state index is 13.5. The molecule has 1 amide bonds. The van der Waals surface area contributed by atoms with Crippen LogP contribution in [-0.4, -0.2) is 15.5 Å². The summed E-state index contributed by atoms with van der Waals surface area (Å²) in [5.41, 5.74) is 5.47. The molecule has 0 spiro atoms. The van der Waals surface area contributed by atoms with Crippen molar-refractivity contribution in [2.75, 3.05) is 0 Å². The van der Waals surface area contributed by atoms with Gasteiger partial charge in [0.2, 0.25) is 0 Å². The Morgan fingerprint density at radius 1 is 0.903 bits per heavy atom. The van der Waals surface area contributed by atoms with E-state index >= 15 is 0 Å². The molecule has 0 saturated carbocycles. The molecule has 0 fully saturated rings. The standard InChI is InChI=1S/C27H27N3O/c1-4-30-25(27(31)28-20(3)21-11-7-5-8-12-21)24(22-17-15-19(2)16-18-22)29-26(30)23-13-9-6-10-14-23/h5-18,20H,4H2,1-3H3,(H,28,31). The van der Waals surface area contributed by atoms with E-state index in [1.165, 1.54) is 5.56 Å². The van der Waals surface area contributed by atoms with Crippen molar-refractivity contribution in [3.8, 4) is 22.6 Å². The van der Waals surface area contributed by atoms with Gasteiger partial charge in [-0.15, -0.1) is 0 Å². The fraction of sp³-hybridized carbons (Fsp3) is 0.185. The van der Waals surface area contributed by atoms with Gasteiger partial charge in [0.1, 0.15) is 17.2 Å². The van der Waals surface area contributed by atoms with Gasteiger partial charge in [-0.1, -0.05) is 90.5 Å². The van der Waals surface area contributed by atoms with Gasteiger partial charge in [0.05, 0.1) is 6.04 Å². The topological polar surface area (TPSA) is 46.9 Å². The van der Waals surface area contributed by atoms with Gasteiger partial charge in [0, 0.05) is 17.7 Å². The van der Waals surface area contributed by atoms with Crippen molar-refractivity contribution in [3.63, 3.8) is 0 Å². The molecule has 0 aliphatic rings. The third-order valence-corrected chi connectivity index (χ3v) is 5.50. The van der Waals surface area contributed by atoms with Gasteiger partial charge in [-0.3, -0.25) is 4.79 Å². The van der Waals surface area contributed by atoms with Crippen LogP contribution in [0.1, 0.15) is 41.5 Å². The van der Waals surface area contributed by atoms with Crippen molar-refractivity contribution in [2.24, 2.45) is 0 Å². The molecule has 0 radical (unpaired) electrons. The number of imidazole rings is 1. The van der Waals surface area contributed by atoms with E-state index in [-0.39, 0.29) is 11.9 Å². The molecule has 4 nitrogen and oxygen atoms in total. The predicted octanol–water partition coefficient (Wildman–Crippen LogP) is 6.04. The zero-order chi connectivity index (χ0) is 21.8. The quantitative estimate of drug-likeness (QED) is 0.422. The summed E-state index contributed by atoms with van der Waals surface area (Å²) < 4.78 is 2.01. The summed E-state index contributed by atoms with van der Waals surface area (Å²) in [7, 11) is 0. The van der Waals surface area contributed by atoms with Crippen LogP contribution >= 0.6 is 0 Å². The number of rotatable bonds is 6. The number of nitrogens with zero attached hydrogens (tertiary/aromatic N) is 2. The van der Waals surface area contributed by atoms with Gasteiger partial charge in [-0.25, -0.2) is 4.98 Å². The number of amides is 1. The van der Waals surface area contributed by atoms with Crippen LogP contribution in [0.5, 0.6) is 0 Å². The largest absolute Gasteiger partial charge is 0.344 e. The highest BCUT2D eigenvalue weighted by atomic mass is 16.2. The summed E-state index contributed by atoms with van der Waals surface area (Å²) >= 11 is 0. The first-order valence-corrected chi connectivity index (χ1v) is 10.7. The Morgan fingerprint density at radius 2 is 1.52 bits per heavy atom. The van der Waals surface area contributed by atoms with E-state index in [1.54, 1.807) is 0 Å². The lowest BCUT2D eigenvalue weighted by molar-refractivity contribution is 0.0931. The number of nitrogens with one attached hydrogen (secondary N) is 1. The minimum atomic E-state index is -0.122. The van der Waals surface area contributed by atoms with Gasteiger partial charge >= 0.3 is 0 Å². The minimum absolute atomic E-state index is 0.111. The SMILES string of the molecule is CCn1c(-c2ccccc2)nc(-c2ccc(C)cc2)c1C(=O)NC(C)c1ccccc1. The Morgan fingerprint density at radius 3 is 2.13 bits per heavy atom. The molecule has 1 unspecified atom stereocenters. The second-order valence-corrected chi connectivity index (χ2v) is 7.71. The van der Waals surface area contributed by atoms with Crippen LogP contribution in [0.25, 0.3) is 22.6 Å². The van der Waals surface area contributed by atoms with Crippen LogP contribution in [0.3, 0.4) is 0 Å². The van der Waals surface area contributed by atoms with E-state index < -0.39 is 0 Å². The van der Waals surface area contributed by atoms with Crippen LogP contribution in [0.2, 0.25) is 0 Å². The lowest BCUT2D eigenvalue weighted by Gasteiger charge is -2.16. The number of carbonyl (C=O) groups excluding carboxylic acids is 1. The lowest BCUT2D eigenvalue weighted by Crippen LogP contribution is -2.29. The highest BCUT2D eigenvalue weighted by Crippen LogP contribution is 2.30. The molecular formula is C27H27N3O. The second-order valence-electron chi connectivity index (χ2n) is 7.71. The molecule has 4 aromatic rings. The van der Waals surface area contributed by atoms with Crippen molar-refractivity contribution in [2.45, 2.75) is 33.4 Å². The zero-order valence-electron chi connectivity index (χ0n) is 18.2. The Hall–Kier alpha value is -3.66. The van der Waals surface area contributed by atoms with E-state index in [9.17, 15) is 4.79 Å². The third kappa shape index (κ3) is 4.29. The number of aromatic nitrogens is 2. The first kappa shape index (κ1) is 20.6. The molecule has 0 saturated heterocycles. The molecule has 156 valence electrons. The van der Waals surface area contributed by atoms with Crippen LogP contribution in [-0.2, 0) is 6.54 Å². The first-order valence-electron chi connectivity index (χ1n) is 10.7. The maximum Gasteiger partial charge on any atom is 0.270 e. The highest BCUT2D eigenvalue weighted by molar-refractivity contribution is 5.99. The number of hydrogen-bond donors (Lipinski definition) is 1. The minimum Gasteiger partial charge on any atom is -0.344 e. The van der Waals surface area contributed by atoms with Gasteiger partial charge in [0.25, 0.3) is 5.91 Å². The van der Waals surface area contributed by atoms with Gasteiger partial charge < -0.3 is 9.88 Å². The smallest absolute Gasteiger partial charge is 0.270 e. The van der Waals surface area contributed by atoms with Crippen molar-refractivity contribution >= 4 is 5.91 Å². The van der Waals surface area contributed by atoms with Crippen molar-refractivity contribution in [1.29, 1.82) is 0 Å². The molecule has 1 N–H and O–H groups in total. The van der Waals surface area contributed by atoms with E-state index in [0.717, 1.165) is 22.5 Å². The maximum atomic E-state index is 13.5. The Balaban J connectivity index is 1.81. The summed E-state index contributed by atoms with van der Waals surface area (Å²) in [4.78, 5) is 18.5. The molecule has 3 aromatic carbocycles. The first-order chi connectivity index (χ1) is 15.1. The average Bonchev–Trinajstić information content (AvgIpc) is 3.20. The molecule has 1 aromatic heterocycles. The summed E-state index contributed by atoms with van der Waals surface area (Å²) in [5.74, 6) is 0.680. The summed E-state index contributed by atoms with van der Waals surface area (Å²) in [6.07, 6.45) is 0. The average molecular weight is 410 g/mol. The van der Waals surface area contributed by atoms with Gasteiger partial charge in [-0.2, -0.15) is 0 Å².